The monoisotopic (exact) mass is 555 g/mol. The minimum atomic E-state index is -4.54. The SMILES string of the molecule is C=C/C(=C(Cl)\C=C\Cl)c1nn(CC(=O)N2CCN(C3CCC3)CC2)c(=O)n1-c1ccc(C(F)(F)F)cc1. The summed E-state index contributed by atoms with van der Waals surface area (Å²) >= 11 is 12.0. The lowest BCUT2D eigenvalue weighted by Crippen LogP contribution is -2.54. The molecule has 1 aromatic carbocycles. The molecule has 4 rings (SSSR count). The van der Waals surface area contributed by atoms with Gasteiger partial charge in [0.1, 0.15) is 6.54 Å². The zero-order valence-electron chi connectivity index (χ0n) is 19.9. The van der Waals surface area contributed by atoms with Crippen molar-refractivity contribution in [2.75, 3.05) is 26.2 Å². The van der Waals surface area contributed by atoms with E-state index in [0.29, 0.717) is 19.1 Å². The van der Waals surface area contributed by atoms with Crippen LogP contribution >= 0.6 is 23.2 Å². The predicted molar refractivity (Wildman–Crippen MR) is 137 cm³/mol. The summed E-state index contributed by atoms with van der Waals surface area (Å²) < 4.78 is 41.3. The number of nitrogens with zero attached hydrogens (tertiary/aromatic N) is 5. The Balaban J connectivity index is 1.66. The molecule has 1 amide bonds. The molecular formula is C25H26Cl2F3N5O2. The Hall–Kier alpha value is -2.82. The molecular weight excluding hydrogens is 530 g/mol. The molecule has 7 nitrogen and oxygen atoms in total. The molecule has 0 bridgehead atoms. The van der Waals surface area contributed by atoms with E-state index in [1.165, 1.54) is 31.4 Å². The summed E-state index contributed by atoms with van der Waals surface area (Å²) in [7, 11) is 0. The quantitative estimate of drug-likeness (QED) is 0.467. The Labute approximate surface area is 222 Å². The van der Waals surface area contributed by atoms with Crippen molar-refractivity contribution in [3.63, 3.8) is 0 Å². The number of carbonyl (C=O) groups excluding carboxylic acids is 1. The second-order valence-electron chi connectivity index (χ2n) is 8.90. The summed E-state index contributed by atoms with van der Waals surface area (Å²) in [6, 6.07) is 4.65. The molecule has 2 heterocycles. The van der Waals surface area contributed by atoms with Crippen LogP contribution in [0, 0.1) is 0 Å². The molecule has 1 aliphatic carbocycles. The fraction of sp³-hybridized carbons (Fsp3) is 0.400. The maximum absolute atomic E-state index is 13.4. The molecule has 0 N–H and O–H groups in total. The molecule has 2 fully saturated rings. The first-order valence-electron chi connectivity index (χ1n) is 11.8. The Morgan fingerprint density at radius 1 is 1.14 bits per heavy atom. The maximum Gasteiger partial charge on any atom is 0.416 e. The minimum Gasteiger partial charge on any atom is -0.339 e. The summed E-state index contributed by atoms with van der Waals surface area (Å²) in [6.07, 6.45) is 1.79. The van der Waals surface area contributed by atoms with E-state index in [2.05, 4.69) is 16.6 Å². The van der Waals surface area contributed by atoms with E-state index in [9.17, 15) is 22.8 Å². The van der Waals surface area contributed by atoms with Gasteiger partial charge in [0.05, 0.1) is 16.3 Å². The Kier molecular flexibility index (Phi) is 8.30. The molecule has 0 unspecified atom stereocenters. The van der Waals surface area contributed by atoms with Crippen molar-refractivity contribution in [1.29, 1.82) is 0 Å². The zero-order chi connectivity index (χ0) is 26.7. The number of aromatic nitrogens is 3. The largest absolute Gasteiger partial charge is 0.416 e. The van der Waals surface area contributed by atoms with Gasteiger partial charge in [-0.15, -0.1) is 5.10 Å². The van der Waals surface area contributed by atoms with Gasteiger partial charge >= 0.3 is 11.9 Å². The summed E-state index contributed by atoms with van der Waals surface area (Å²) in [5.41, 5.74) is -0.0572. The van der Waals surface area contributed by atoms with Crippen molar-refractivity contribution in [3.05, 3.63) is 75.4 Å². The minimum absolute atomic E-state index is 0.0159. The van der Waals surface area contributed by atoms with E-state index in [1.54, 1.807) is 4.90 Å². The number of piperazine rings is 1. The molecule has 12 heteroatoms. The van der Waals surface area contributed by atoms with Crippen LogP contribution in [0.2, 0.25) is 0 Å². The first kappa shape index (κ1) is 27.2. The second-order valence-corrected chi connectivity index (χ2v) is 9.56. The molecule has 1 aromatic heterocycles. The number of alkyl halides is 3. The van der Waals surface area contributed by atoms with E-state index in [0.717, 1.165) is 52.1 Å². The lowest BCUT2D eigenvalue weighted by Gasteiger charge is -2.42. The van der Waals surface area contributed by atoms with Crippen molar-refractivity contribution in [2.45, 2.75) is 38.0 Å². The van der Waals surface area contributed by atoms with Crippen molar-refractivity contribution < 1.29 is 18.0 Å². The number of hydrogen-bond donors (Lipinski definition) is 0. The van der Waals surface area contributed by atoms with Crippen LogP contribution in [0.5, 0.6) is 0 Å². The van der Waals surface area contributed by atoms with Gasteiger partial charge in [-0.05, 0) is 43.2 Å². The molecule has 1 aliphatic heterocycles. The lowest BCUT2D eigenvalue weighted by atomic mass is 9.91. The van der Waals surface area contributed by atoms with E-state index in [1.807, 2.05) is 0 Å². The highest BCUT2D eigenvalue weighted by atomic mass is 35.5. The average Bonchev–Trinajstić information content (AvgIpc) is 3.14. The number of allylic oxidation sites excluding steroid dienone is 4. The molecule has 2 aromatic rings. The lowest BCUT2D eigenvalue weighted by molar-refractivity contribution is -0.137. The Bertz CT molecular complexity index is 1270. The molecule has 0 radical (unpaired) electrons. The fourth-order valence-electron chi connectivity index (χ4n) is 4.47. The summed E-state index contributed by atoms with van der Waals surface area (Å²) in [6.45, 7) is 6.06. The van der Waals surface area contributed by atoms with Crippen molar-refractivity contribution in [3.8, 4) is 5.69 Å². The van der Waals surface area contributed by atoms with Crippen LogP contribution in [0.4, 0.5) is 13.2 Å². The van der Waals surface area contributed by atoms with Crippen molar-refractivity contribution in [2.24, 2.45) is 0 Å². The third kappa shape index (κ3) is 5.86. The average molecular weight is 556 g/mol. The van der Waals surface area contributed by atoms with Crippen LogP contribution in [0.25, 0.3) is 11.3 Å². The number of halogens is 5. The number of hydrogen-bond acceptors (Lipinski definition) is 4. The highest BCUT2D eigenvalue weighted by Crippen LogP contribution is 2.30. The zero-order valence-corrected chi connectivity index (χ0v) is 21.4. The Morgan fingerprint density at radius 3 is 2.30 bits per heavy atom. The van der Waals surface area contributed by atoms with Gasteiger partial charge in [0, 0.05) is 43.3 Å². The normalized spacial score (nSPS) is 18.1. The number of amides is 1. The fourth-order valence-corrected chi connectivity index (χ4v) is 4.89. The van der Waals surface area contributed by atoms with Gasteiger partial charge in [-0.3, -0.25) is 9.69 Å². The van der Waals surface area contributed by atoms with E-state index in [-0.39, 0.29) is 34.6 Å². The van der Waals surface area contributed by atoms with Crippen LogP contribution in [-0.4, -0.2) is 62.3 Å². The highest BCUT2D eigenvalue weighted by Gasteiger charge is 2.31. The van der Waals surface area contributed by atoms with E-state index in [4.69, 9.17) is 23.2 Å². The number of benzene rings is 1. The van der Waals surface area contributed by atoms with Gasteiger partial charge in [-0.25, -0.2) is 14.0 Å². The summed E-state index contributed by atoms with van der Waals surface area (Å²) in [5, 5.41) is 4.43. The van der Waals surface area contributed by atoms with Gasteiger partial charge < -0.3 is 4.90 Å². The van der Waals surface area contributed by atoms with Crippen molar-refractivity contribution >= 4 is 34.7 Å². The van der Waals surface area contributed by atoms with E-state index < -0.39 is 17.4 Å². The summed E-state index contributed by atoms with van der Waals surface area (Å²) in [5.74, 6) is -0.253. The first-order valence-corrected chi connectivity index (χ1v) is 12.6. The van der Waals surface area contributed by atoms with Gasteiger partial charge in [0.25, 0.3) is 0 Å². The molecule has 37 heavy (non-hydrogen) atoms. The molecule has 1 saturated heterocycles. The first-order chi connectivity index (χ1) is 17.6. The number of carbonyl (C=O) groups is 1. The van der Waals surface area contributed by atoms with Crippen LogP contribution in [0.3, 0.4) is 0 Å². The van der Waals surface area contributed by atoms with E-state index >= 15 is 0 Å². The third-order valence-corrected chi connectivity index (χ3v) is 7.20. The standard InChI is InChI=1S/C25H26Cl2F3N5O2/c1-2-20(21(27)10-11-26)23-31-34(16-22(36)33-14-12-32(13-15-33)18-4-3-5-18)24(37)35(23)19-8-6-17(7-9-19)25(28,29)30/h2,6-11,18H,1,3-5,12-16H2/b11-10+,21-20-. The second kappa shape index (κ2) is 11.3. The summed E-state index contributed by atoms with van der Waals surface area (Å²) in [4.78, 5) is 30.5. The third-order valence-electron chi connectivity index (χ3n) is 6.75. The molecule has 198 valence electrons. The van der Waals surface area contributed by atoms with Crippen LogP contribution in [0.15, 0.2) is 58.4 Å². The van der Waals surface area contributed by atoms with Crippen LogP contribution in [-0.2, 0) is 17.5 Å². The van der Waals surface area contributed by atoms with Gasteiger partial charge in [-0.1, -0.05) is 42.3 Å². The van der Waals surface area contributed by atoms with Crippen LogP contribution < -0.4 is 5.69 Å². The molecule has 1 saturated carbocycles. The maximum atomic E-state index is 13.4. The molecule has 0 spiro atoms. The van der Waals surface area contributed by atoms with Crippen molar-refractivity contribution in [1.82, 2.24) is 24.1 Å². The number of rotatable bonds is 7. The van der Waals surface area contributed by atoms with Gasteiger partial charge in [-0.2, -0.15) is 13.2 Å². The predicted octanol–water partition coefficient (Wildman–Crippen LogP) is 4.64. The van der Waals surface area contributed by atoms with Gasteiger partial charge in [0.2, 0.25) is 5.91 Å². The topological polar surface area (TPSA) is 63.4 Å². The Morgan fingerprint density at radius 2 is 1.78 bits per heavy atom. The molecule has 0 atom stereocenters. The smallest absolute Gasteiger partial charge is 0.339 e. The van der Waals surface area contributed by atoms with Crippen LogP contribution in [0.1, 0.15) is 30.7 Å². The van der Waals surface area contributed by atoms with Gasteiger partial charge in [0.15, 0.2) is 5.82 Å². The molecule has 2 aliphatic rings. The highest BCUT2D eigenvalue weighted by molar-refractivity contribution is 6.36.